The molecule has 29 heavy (non-hydrogen) atoms. The second-order valence-electron chi connectivity index (χ2n) is 7.05. The number of hydrazine groups is 1. The molecule has 154 valence electrons. The predicted molar refractivity (Wildman–Crippen MR) is 100 cm³/mol. The fourth-order valence-corrected chi connectivity index (χ4v) is 3.38. The van der Waals surface area contributed by atoms with Crippen LogP contribution >= 0.6 is 0 Å². The number of hydrogen-bond acceptors (Lipinski definition) is 6. The molecule has 3 unspecified atom stereocenters. The number of benzene rings is 1. The first-order valence-electron chi connectivity index (χ1n) is 9.20. The third-order valence-electron chi connectivity index (χ3n) is 4.89. The Morgan fingerprint density at radius 3 is 2.69 bits per heavy atom. The molecule has 3 heterocycles. The molecule has 1 aromatic carbocycles. The lowest BCUT2D eigenvalue weighted by Crippen LogP contribution is -2.52. The normalized spacial score (nSPS) is 25.8. The summed E-state index contributed by atoms with van der Waals surface area (Å²) in [5.74, 6) is 0.0712. The van der Waals surface area contributed by atoms with Gasteiger partial charge in [-0.15, -0.1) is 0 Å². The number of amides is 1. The average Bonchev–Trinajstić information content (AvgIpc) is 3.10. The molecule has 3 atom stereocenters. The number of nitrogens with zero attached hydrogens (tertiary/aromatic N) is 1. The number of carbonyl (C=O) groups is 1. The molecular formula is C19H21F3N6O. The molecule has 4 rings (SSSR count). The average molecular weight is 406 g/mol. The monoisotopic (exact) mass is 406 g/mol. The van der Waals surface area contributed by atoms with Crippen LogP contribution in [0.5, 0.6) is 0 Å². The zero-order valence-electron chi connectivity index (χ0n) is 15.5. The summed E-state index contributed by atoms with van der Waals surface area (Å²) in [5.41, 5.74) is 2.86. The van der Waals surface area contributed by atoms with Gasteiger partial charge < -0.3 is 21.3 Å². The minimum atomic E-state index is -4.46. The lowest BCUT2D eigenvalue weighted by atomic mass is 9.99. The van der Waals surface area contributed by atoms with E-state index in [9.17, 15) is 18.0 Å². The van der Waals surface area contributed by atoms with Gasteiger partial charge in [-0.1, -0.05) is 24.3 Å². The minimum Gasteiger partial charge on any atom is -0.385 e. The maximum absolute atomic E-state index is 13.4. The molecule has 3 aliphatic heterocycles. The maximum Gasteiger partial charge on any atom is 0.416 e. The van der Waals surface area contributed by atoms with Gasteiger partial charge in [-0.05, 0) is 24.6 Å². The van der Waals surface area contributed by atoms with Crippen molar-refractivity contribution in [2.24, 2.45) is 0 Å². The predicted octanol–water partition coefficient (Wildman–Crippen LogP) is 1.39. The zero-order chi connectivity index (χ0) is 20.6. The Balaban J connectivity index is 1.50. The van der Waals surface area contributed by atoms with Crippen LogP contribution in [0, 0.1) is 0 Å². The number of alkyl halides is 3. The maximum atomic E-state index is 13.4. The fourth-order valence-electron chi connectivity index (χ4n) is 3.38. The molecule has 7 nitrogen and oxygen atoms in total. The Morgan fingerprint density at radius 2 is 1.97 bits per heavy atom. The van der Waals surface area contributed by atoms with Gasteiger partial charge in [0.05, 0.1) is 11.6 Å². The topological polar surface area (TPSA) is 80.5 Å². The first-order valence-corrected chi connectivity index (χ1v) is 9.20. The lowest BCUT2D eigenvalue weighted by Gasteiger charge is -2.35. The molecule has 10 heteroatoms. The largest absolute Gasteiger partial charge is 0.416 e. The van der Waals surface area contributed by atoms with E-state index >= 15 is 0 Å². The highest BCUT2D eigenvalue weighted by atomic mass is 19.4. The number of carbonyl (C=O) groups excluding carboxylic acids is 1. The summed E-state index contributed by atoms with van der Waals surface area (Å²) in [6, 6.07) is 4.96. The first-order chi connectivity index (χ1) is 13.8. The summed E-state index contributed by atoms with van der Waals surface area (Å²) < 4.78 is 40.2. The molecule has 0 bridgehead atoms. The van der Waals surface area contributed by atoms with E-state index in [1.165, 1.54) is 12.1 Å². The van der Waals surface area contributed by atoms with Crippen LogP contribution in [0.3, 0.4) is 0 Å². The standard InChI is InChI=1S/C19H21F3N6O/c1-11-8-24-15(9-23-11)18(29)26-17-10-25-16-7-6-14(27-28(16)17)12-4-2-3-5-13(12)19(20,21)22/h2-7,9-11,14,16,23-25,27H,8H2,1H3,(H,26,29). The van der Waals surface area contributed by atoms with Crippen LogP contribution in [-0.2, 0) is 11.0 Å². The van der Waals surface area contributed by atoms with Crippen molar-refractivity contribution < 1.29 is 18.0 Å². The van der Waals surface area contributed by atoms with Gasteiger partial charge in [-0.2, -0.15) is 13.2 Å². The minimum absolute atomic E-state index is 0.113. The summed E-state index contributed by atoms with van der Waals surface area (Å²) in [6.07, 6.45) is 1.88. The van der Waals surface area contributed by atoms with E-state index in [0.29, 0.717) is 18.1 Å². The molecular weight excluding hydrogens is 385 g/mol. The highest BCUT2D eigenvalue weighted by Crippen LogP contribution is 2.36. The van der Waals surface area contributed by atoms with Gasteiger partial charge in [0.15, 0.2) is 0 Å². The summed E-state index contributed by atoms with van der Waals surface area (Å²) in [5, 5.41) is 13.6. The van der Waals surface area contributed by atoms with Gasteiger partial charge in [0.2, 0.25) is 0 Å². The quantitative estimate of drug-likeness (QED) is 0.489. The van der Waals surface area contributed by atoms with E-state index in [4.69, 9.17) is 0 Å². The number of rotatable bonds is 3. The molecule has 0 saturated heterocycles. The van der Waals surface area contributed by atoms with E-state index in [1.807, 2.05) is 6.92 Å². The highest BCUT2D eigenvalue weighted by molar-refractivity contribution is 5.94. The summed E-state index contributed by atoms with van der Waals surface area (Å²) in [4.78, 5) is 12.5. The van der Waals surface area contributed by atoms with E-state index in [0.717, 1.165) is 6.07 Å². The summed E-state index contributed by atoms with van der Waals surface area (Å²) >= 11 is 0. The van der Waals surface area contributed by atoms with E-state index < -0.39 is 17.8 Å². The van der Waals surface area contributed by atoms with Crippen LogP contribution in [0.15, 0.2) is 60.3 Å². The molecule has 0 saturated carbocycles. The van der Waals surface area contributed by atoms with Gasteiger partial charge in [0.1, 0.15) is 17.7 Å². The Morgan fingerprint density at radius 1 is 1.17 bits per heavy atom. The van der Waals surface area contributed by atoms with Crippen molar-refractivity contribution in [2.45, 2.75) is 31.3 Å². The molecule has 0 spiro atoms. The van der Waals surface area contributed by atoms with Crippen LogP contribution in [-0.4, -0.2) is 29.7 Å². The second-order valence-corrected chi connectivity index (χ2v) is 7.05. The smallest absolute Gasteiger partial charge is 0.385 e. The third kappa shape index (κ3) is 3.88. The van der Waals surface area contributed by atoms with Gasteiger partial charge in [-0.3, -0.25) is 9.80 Å². The van der Waals surface area contributed by atoms with Crippen molar-refractivity contribution in [1.29, 1.82) is 0 Å². The Labute approximate surface area is 165 Å². The number of nitrogens with one attached hydrogen (secondary N) is 5. The van der Waals surface area contributed by atoms with Crippen LogP contribution in [0.25, 0.3) is 0 Å². The fraction of sp³-hybridized carbons (Fsp3) is 0.316. The first kappa shape index (κ1) is 19.2. The summed E-state index contributed by atoms with van der Waals surface area (Å²) in [6.45, 7) is 2.59. The molecule has 1 amide bonds. The van der Waals surface area contributed by atoms with Gasteiger partial charge in [0, 0.05) is 25.0 Å². The summed E-state index contributed by atoms with van der Waals surface area (Å²) in [7, 11) is 0. The second kappa shape index (κ2) is 7.36. The lowest BCUT2D eigenvalue weighted by molar-refractivity contribution is -0.138. The zero-order valence-corrected chi connectivity index (χ0v) is 15.5. The van der Waals surface area contributed by atoms with Crippen molar-refractivity contribution in [1.82, 2.24) is 31.7 Å². The van der Waals surface area contributed by atoms with E-state index in [1.54, 1.807) is 35.6 Å². The molecule has 5 N–H and O–H groups in total. The Bertz CT molecular complexity index is 894. The van der Waals surface area contributed by atoms with Crippen LogP contribution < -0.4 is 26.7 Å². The molecule has 1 aromatic rings. The molecule has 0 aliphatic carbocycles. The van der Waals surface area contributed by atoms with Crippen molar-refractivity contribution >= 4 is 5.91 Å². The number of hydrogen-bond donors (Lipinski definition) is 5. The molecule has 0 radical (unpaired) electrons. The van der Waals surface area contributed by atoms with Gasteiger partial charge in [-0.25, -0.2) is 5.43 Å². The Hall–Kier alpha value is -3.14. The van der Waals surface area contributed by atoms with Crippen LogP contribution in [0.4, 0.5) is 13.2 Å². The molecule has 0 aromatic heterocycles. The van der Waals surface area contributed by atoms with Gasteiger partial charge >= 0.3 is 6.18 Å². The third-order valence-corrected chi connectivity index (χ3v) is 4.89. The number of fused-ring (bicyclic) bond motifs is 1. The van der Waals surface area contributed by atoms with E-state index in [-0.39, 0.29) is 23.7 Å². The SMILES string of the molecule is CC1CNC(C(=O)NC2=CNC3C=CC(c4ccccc4C(F)(F)F)NN23)=CN1. The molecule has 3 aliphatic rings. The molecule has 0 fully saturated rings. The number of halogens is 3. The van der Waals surface area contributed by atoms with Gasteiger partial charge in [0.25, 0.3) is 5.91 Å². The van der Waals surface area contributed by atoms with Crippen LogP contribution in [0.1, 0.15) is 24.1 Å². The van der Waals surface area contributed by atoms with Crippen molar-refractivity contribution in [2.75, 3.05) is 6.54 Å². The van der Waals surface area contributed by atoms with E-state index in [2.05, 4.69) is 26.7 Å². The Kier molecular flexibility index (Phi) is 4.87. The highest BCUT2D eigenvalue weighted by Gasteiger charge is 2.37. The van der Waals surface area contributed by atoms with Crippen molar-refractivity contribution in [3.8, 4) is 0 Å². The van der Waals surface area contributed by atoms with Crippen molar-refractivity contribution in [3.05, 3.63) is 71.5 Å². The van der Waals surface area contributed by atoms with Crippen molar-refractivity contribution in [3.63, 3.8) is 0 Å². The van der Waals surface area contributed by atoms with Crippen LogP contribution in [0.2, 0.25) is 0 Å².